The molecule has 1 amide bonds. The van der Waals surface area contributed by atoms with Crippen LogP contribution in [-0.2, 0) is 4.79 Å². The molecule has 1 saturated heterocycles. The van der Waals surface area contributed by atoms with E-state index in [1.165, 1.54) is 5.56 Å². The fourth-order valence-electron chi connectivity index (χ4n) is 2.81. The zero-order valence-corrected chi connectivity index (χ0v) is 12.6. The Hall–Kier alpha value is -1.55. The lowest BCUT2D eigenvalue weighted by Crippen LogP contribution is -2.42. The Balaban J connectivity index is 1.96. The van der Waals surface area contributed by atoms with E-state index in [1.54, 1.807) is 7.11 Å². The summed E-state index contributed by atoms with van der Waals surface area (Å²) in [4.78, 5) is 15.9. The van der Waals surface area contributed by atoms with Gasteiger partial charge < -0.3 is 14.5 Å². The molecule has 0 aromatic heterocycles. The number of amides is 1. The number of hydrogen-bond donors (Lipinski definition) is 0. The van der Waals surface area contributed by atoms with Crippen molar-refractivity contribution in [2.24, 2.45) is 0 Å². The molecule has 0 spiro atoms. The van der Waals surface area contributed by atoms with E-state index >= 15 is 0 Å². The predicted molar refractivity (Wildman–Crippen MR) is 80.1 cm³/mol. The number of likely N-dealkylation sites (tertiary alicyclic amines) is 1. The maximum atomic E-state index is 12.0. The topological polar surface area (TPSA) is 32.8 Å². The highest BCUT2D eigenvalue weighted by atomic mass is 16.5. The average molecular weight is 276 g/mol. The van der Waals surface area contributed by atoms with Crippen molar-refractivity contribution < 1.29 is 9.53 Å². The molecule has 1 fully saturated rings. The predicted octanol–water partition coefficient (Wildman–Crippen LogP) is 1.96. The molecule has 20 heavy (non-hydrogen) atoms. The lowest BCUT2D eigenvalue weighted by molar-refractivity contribution is -0.132. The van der Waals surface area contributed by atoms with Crippen LogP contribution in [0.4, 0.5) is 0 Å². The summed E-state index contributed by atoms with van der Waals surface area (Å²) >= 11 is 0. The third-order valence-electron chi connectivity index (χ3n) is 3.88. The molecule has 4 nitrogen and oxygen atoms in total. The third-order valence-corrected chi connectivity index (χ3v) is 3.88. The van der Waals surface area contributed by atoms with Gasteiger partial charge in [-0.15, -0.1) is 0 Å². The van der Waals surface area contributed by atoms with Gasteiger partial charge in [-0.3, -0.25) is 4.79 Å². The van der Waals surface area contributed by atoms with Crippen LogP contribution in [0.5, 0.6) is 5.75 Å². The molecule has 1 aliphatic rings. The molecule has 0 unspecified atom stereocenters. The summed E-state index contributed by atoms with van der Waals surface area (Å²) in [6.45, 7) is 2.18. The maximum Gasteiger partial charge on any atom is 0.236 e. The summed E-state index contributed by atoms with van der Waals surface area (Å²) in [5.74, 6) is 1.69. The summed E-state index contributed by atoms with van der Waals surface area (Å²) in [6.07, 6.45) is 2.03. The first-order valence-electron chi connectivity index (χ1n) is 7.17. The van der Waals surface area contributed by atoms with Crippen LogP contribution in [0.25, 0.3) is 0 Å². The molecule has 0 N–H and O–H groups in total. The molecule has 4 heteroatoms. The Bertz CT molecular complexity index is 452. The zero-order valence-electron chi connectivity index (χ0n) is 12.6. The van der Waals surface area contributed by atoms with Gasteiger partial charge in [-0.1, -0.05) is 18.2 Å². The van der Waals surface area contributed by atoms with Gasteiger partial charge in [-0.2, -0.15) is 0 Å². The summed E-state index contributed by atoms with van der Waals surface area (Å²) in [6, 6.07) is 8.21. The fourth-order valence-corrected chi connectivity index (χ4v) is 2.81. The van der Waals surface area contributed by atoms with E-state index in [1.807, 2.05) is 36.0 Å². The number of hydrogen-bond acceptors (Lipinski definition) is 3. The molecule has 0 bridgehead atoms. The minimum absolute atomic E-state index is 0.230. The molecule has 2 rings (SSSR count). The van der Waals surface area contributed by atoms with Gasteiger partial charge in [0.15, 0.2) is 0 Å². The van der Waals surface area contributed by atoms with Crippen LogP contribution < -0.4 is 4.74 Å². The number of rotatable bonds is 4. The maximum absolute atomic E-state index is 12.0. The zero-order chi connectivity index (χ0) is 14.5. The Labute approximate surface area is 121 Å². The van der Waals surface area contributed by atoms with Crippen LogP contribution in [-0.4, -0.2) is 56.5 Å². The molecular weight excluding hydrogens is 252 g/mol. The summed E-state index contributed by atoms with van der Waals surface area (Å²) in [5, 5.41) is 0. The van der Waals surface area contributed by atoms with Gasteiger partial charge >= 0.3 is 0 Å². The highest BCUT2D eigenvalue weighted by molar-refractivity contribution is 5.78. The van der Waals surface area contributed by atoms with E-state index in [0.717, 1.165) is 31.7 Å². The van der Waals surface area contributed by atoms with Crippen molar-refractivity contribution in [2.75, 3.05) is 40.8 Å². The molecule has 1 heterocycles. The van der Waals surface area contributed by atoms with E-state index in [9.17, 15) is 4.79 Å². The quantitative estimate of drug-likeness (QED) is 0.843. The van der Waals surface area contributed by atoms with Crippen LogP contribution in [0, 0.1) is 0 Å². The number of methoxy groups -OCH3 is 1. The average Bonchev–Trinajstić information content (AvgIpc) is 2.46. The molecule has 1 aliphatic heterocycles. The molecule has 1 aromatic carbocycles. The first kappa shape index (κ1) is 14.9. The van der Waals surface area contributed by atoms with Crippen LogP contribution in [0.1, 0.15) is 24.3 Å². The first-order valence-corrected chi connectivity index (χ1v) is 7.17. The van der Waals surface area contributed by atoms with E-state index in [0.29, 0.717) is 12.5 Å². The van der Waals surface area contributed by atoms with Gasteiger partial charge in [0.2, 0.25) is 5.91 Å². The van der Waals surface area contributed by atoms with Crippen molar-refractivity contribution in [3.8, 4) is 5.75 Å². The van der Waals surface area contributed by atoms with Gasteiger partial charge in [-0.05, 0) is 44.5 Å². The van der Waals surface area contributed by atoms with Gasteiger partial charge in [0.1, 0.15) is 5.75 Å². The van der Waals surface area contributed by atoms with Gasteiger partial charge in [0, 0.05) is 13.1 Å². The van der Waals surface area contributed by atoms with Crippen LogP contribution >= 0.6 is 0 Å². The van der Waals surface area contributed by atoms with Crippen molar-refractivity contribution >= 4 is 5.91 Å². The number of piperidine rings is 1. The molecule has 1 aromatic rings. The second kappa shape index (κ2) is 6.75. The third kappa shape index (κ3) is 3.51. The number of nitrogens with zero attached hydrogens (tertiary/aromatic N) is 2. The SMILES string of the molecule is COc1ccccc1C1CCN(C(=O)CN(C)C)CC1. The lowest BCUT2D eigenvalue weighted by Gasteiger charge is -2.33. The van der Waals surface area contributed by atoms with Crippen molar-refractivity contribution in [1.82, 2.24) is 9.80 Å². The van der Waals surface area contributed by atoms with Crippen molar-refractivity contribution in [3.05, 3.63) is 29.8 Å². The van der Waals surface area contributed by atoms with Crippen molar-refractivity contribution in [3.63, 3.8) is 0 Å². The molecule has 0 radical (unpaired) electrons. The van der Waals surface area contributed by atoms with Gasteiger partial charge in [0.05, 0.1) is 13.7 Å². The Kier molecular flexibility index (Phi) is 5.01. The number of para-hydroxylation sites is 1. The largest absolute Gasteiger partial charge is 0.496 e. The molecule has 0 saturated carbocycles. The van der Waals surface area contributed by atoms with Crippen molar-refractivity contribution in [2.45, 2.75) is 18.8 Å². The first-order chi connectivity index (χ1) is 9.61. The summed E-state index contributed by atoms with van der Waals surface area (Å²) in [5.41, 5.74) is 1.27. The van der Waals surface area contributed by atoms with E-state index in [2.05, 4.69) is 12.1 Å². The number of likely N-dealkylation sites (N-methyl/N-ethyl adjacent to an activating group) is 1. The summed E-state index contributed by atoms with van der Waals surface area (Å²) in [7, 11) is 5.58. The van der Waals surface area contributed by atoms with Crippen LogP contribution in [0.3, 0.4) is 0 Å². The normalized spacial score (nSPS) is 16.5. The Morgan fingerprint density at radius 1 is 1.30 bits per heavy atom. The number of ether oxygens (including phenoxy) is 1. The lowest BCUT2D eigenvalue weighted by atomic mass is 9.89. The van der Waals surface area contributed by atoms with Crippen LogP contribution in [0.15, 0.2) is 24.3 Å². The Morgan fingerprint density at radius 3 is 2.55 bits per heavy atom. The van der Waals surface area contributed by atoms with E-state index < -0.39 is 0 Å². The minimum Gasteiger partial charge on any atom is -0.496 e. The summed E-state index contributed by atoms with van der Waals surface area (Å²) < 4.78 is 5.44. The highest BCUT2D eigenvalue weighted by Crippen LogP contribution is 2.33. The van der Waals surface area contributed by atoms with E-state index in [4.69, 9.17) is 4.74 Å². The second-order valence-electron chi connectivity index (χ2n) is 5.63. The Morgan fingerprint density at radius 2 is 1.95 bits per heavy atom. The number of carbonyl (C=O) groups excluding carboxylic acids is 1. The van der Waals surface area contributed by atoms with Gasteiger partial charge in [-0.25, -0.2) is 0 Å². The smallest absolute Gasteiger partial charge is 0.236 e. The fraction of sp³-hybridized carbons (Fsp3) is 0.562. The van der Waals surface area contributed by atoms with Gasteiger partial charge in [0.25, 0.3) is 0 Å². The molecule has 0 aliphatic carbocycles. The monoisotopic (exact) mass is 276 g/mol. The van der Waals surface area contributed by atoms with Crippen molar-refractivity contribution in [1.29, 1.82) is 0 Å². The van der Waals surface area contributed by atoms with Crippen LogP contribution in [0.2, 0.25) is 0 Å². The van der Waals surface area contributed by atoms with E-state index in [-0.39, 0.29) is 5.91 Å². The molecule has 0 atom stereocenters. The number of carbonyl (C=O) groups is 1. The standard InChI is InChI=1S/C16H24N2O2/c1-17(2)12-16(19)18-10-8-13(9-11-18)14-6-4-5-7-15(14)20-3/h4-7,13H,8-12H2,1-3H3. The second-order valence-corrected chi connectivity index (χ2v) is 5.63. The molecular formula is C16H24N2O2. The minimum atomic E-state index is 0.230. The highest BCUT2D eigenvalue weighted by Gasteiger charge is 2.25. The number of benzene rings is 1. The molecule has 110 valence electrons.